The van der Waals surface area contributed by atoms with Gasteiger partial charge in [-0.25, -0.2) is 5.01 Å². The zero-order valence-electron chi connectivity index (χ0n) is 14.0. The number of halogens is 2. The van der Waals surface area contributed by atoms with Gasteiger partial charge in [0, 0.05) is 27.0 Å². The van der Waals surface area contributed by atoms with Crippen molar-refractivity contribution in [1.82, 2.24) is 4.68 Å². The topological polar surface area (TPSA) is 25.2 Å². The Morgan fingerprint density at radius 3 is 1.84 bits per heavy atom. The highest BCUT2D eigenvalue weighted by Crippen LogP contribution is 2.18. The molecule has 0 aliphatic heterocycles. The fourth-order valence-corrected chi connectivity index (χ4v) is 3.03. The van der Waals surface area contributed by atoms with Crippen LogP contribution in [0.5, 0.6) is 0 Å². The van der Waals surface area contributed by atoms with Crippen LogP contribution in [0.3, 0.4) is 0 Å². The third-order valence-corrected chi connectivity index (χ3v) is 4.55. The zero-order chi connectivity index (χ0) is 18.0. The monoisotopic (exact) mass is 372 g/mol. The minimum atomic E-state index is -0.0889. The highest BCUT2D eigenvalue weighted by molar-refractivity contribution is 6.30. The van der Waals surface area contributed by atoms with E-state index in [1.165, 1.54) is 0 Å². The van der Waals surface area contributed by atoms with Crippen molar-refractivity contribution in [3.63, 3.8) is 0 Å². The van der Waals surface area contributed by atoms with Gasteiger partial charge in [-0.1, -0.05) is 35.3 Å². The Morgan fingerprint density at radius 1 is 0.840 bits per heavy atom. The number of aromatic nitrogens is 1. The molecule has 0 N–H and O–H groups in total. The molecule has 0 radical (unpaired) electrons. The molecule has 25 heavy (non-hydrogen) atoms. The Labute approximate surface area is 157 Å². The van der Waals surface area contributed by atoms with Crippen LogP contribution in [0.15, 0.2) is 60.7 Å². The van der Waals surface area contributed by atoms with Crippen molar-refractivity contribution in [3.8, 4) is 0 Å². The summed E-state index contributed by atoms with van der Waals surface area (Å²) in [5, 5.41) is 3.01. The summed E-state index contributed by atoms with van der Waals surface area (Å²) in [5.74, 6) is -0.0889. The van der Waals surface area contributed by atoms with Crippen LogP contribution in [0.2, 0.25) is 10.0 Å². The second-order valence-electron chi connectivity index (χ2n) is 5.92. The number of aryl methyl sites for hydroxylation is 2. The number of amides is 1. The average molecular weight is 373 g/mol. The highest BCUT2D eigenvalue weighted by atomic mass is 35.5. The van der Waals surface area contributed by atoms with E-state index in [0.717, 1.165) is 17.0 Å². The maximum absolute atomic E-state index is 13.2. The maximum Gasteiger partial charge on any atom is 0.273 e. The van der Waals surface area contributed by atoms with E-state index in [1.807, 2.05) is 54.9 Å². The van der Waals surface area contributed by atoms with Crippen molar-refractivity contribution in [1.29, 1.82) is 0 Å². The molecule has 3 rings (SSSR count). The molecule has 0 atom stereocenters. The van der Waals surface area contributed by atoms with E-state index in [2.05, 4.69) is 0 Å². The molecule has 0 spiro atoms. The van der Waals surface area contributed by atoms with Gasteiger partial charge in [0.05, 0.1) is 6.54 Å². The van der Waals surface area contributed by atoms with Crippen molar-refractivity contribution in [2.75, 3.05) is 5.01 Å². The van der Waals surface area contributed by atoms with Crippen molar-refractivity contribution in [2.45, 2.75) is 20.4 Å². The molecule has 2 aromatic carbocycles. The first-order valence-corrected chi connectivity index (χ1v) is 8.68. The van der Waals surface area contributed by atoms with E-state index in [9.17, 15) is 4.79 Å². The first-order valence-electron chi connectivity index (χ1n) is 7.93. The first kappa shape index (κ1) is 17.6. The molecule has 3 aromatic rings. The second-order valence-corrected chi connectivity index (χ2v) is 6.80. The molecule has 1 heterocycles. The minimum absolute atomic E-state index is 0.0889. The molecule has 128 valence electrons. The lowest BCUT2D eigenvalue weighted by atomic mass is 10.2. The molecule has 0 unspecified atom stereocenters. The third-order valence-electron chi connectivity index (χ3n) is 4.05. The summed E-state index contributed by atoms with van der Waals surface area (Å²) in [5.41, 5.74) is 3.58. The summed E-state index contributed by atoms with van der Waals surface area (Å²) < 4.78 is 1.94. The van der Waals surface area contributed by atoms with E-state index in [0.29, 0.717) is 22.2 Å². The van der Waals surface area contributed by atoms with Gasteiger partial charge in [0.25, 0.3) is 5.91 Å². The molecule has 0 aliphatic rings. The van der Waals surface area contributed by atoms with Gasteiger partial charge in [0.15, 0.2) is 0 Å². The van der Waals surface area contributed by atoms with Gasteiger partial charge < -0.3 is 0 Å². The minimum Gasteiger partial charge on any atom is -0.267 e. The van der Waals surface area contributed by atoms with Crippen molar-refractivity contribution < 1.29 is 4.79 Å². The molecule has 3 nitrogen and oxygen atoms in total. The Morgan fingerprint density at radius 2 is 1.32 bits per heavy atom. The van der Waals surface area contributed by atoms with Crippen molar-refractivity contribution in [3.05, 3.63) is 93.2 Å². The molecule has 0 aliphatic carbocycles. The molecule has 5 heteroatoms. The lowest BCUT2D eigenvalue weighted by Crippen LogP contribution is -2.41. The lowest BCUT2D eigenvalue weighted by Gasteiger charge is -2.27. The SMILES string of the molecule is Cc1ccc(C)n1N(Cc1ccc(Cl)cc1)C(=O)c1ccc(Cl)cc1. The van der Waals surface area contributed by atoms with Gasteiger partial charge in [0.2, 0.25) is 0 Å². The average Bonchev–Trinajstić information content (AvgIpc) is 2.93. The molecule has 0 fully saturated rings. The maximum atomic E-state index is 13.2. The summed E-state index contributed by atoms with van der Waals surface area (Å²) in [4.78, 5) is 13.2. The van der Waals surface area contributed by atoms with Gasteiger partial charge in [-0.2, -0.15) is 0 Å². The van der Waals surface area contributed by atoms with Gasteiger partial charge >= 0.3 is 0 Å². The number of carbonyl (C=O) groups is 1. The van der Waals surface area contributed by atoms with E-state index >= 15 is 0 Å². The summed E-state index contributed by atoms with van der Waals surface area (Å²) >= 11 is 11.9. The fourth-order valence-electron chi connectivity index (χ4n) is 2.78. The smallest absolute Gasteiger partial charge is 0.267 e. The van der Waals surface area contributed by atoms with Gasteiger partial charge in [0.1, 0.15) is 0 Å². The van der Waals surface area contributed by atoms with Crippen LogP contribution in [0, 0.1) is 13.8 Å². The molecule has 1 aromatic heterocycles. The van der Waals surface area contributed by atoms with Gasteiger partial charge in [-0.3, -0.25) is 9.47 Å². The first-order chi connectivity index (χ1) is 12.0. The summed E-state index contributed by atoms with van der Waals surface area (Å²) in [6.45, 7) is 4.41. The predicted molar refractivity (Wildman–Crippen MR) is 103 cm³/mol. The molecule has 1 amide bonds. The lowest BCUT2D eigenvalue weighted by molar-refractivity contribution is 0.0954. The van der Waals surface area contributed by atoms with Gasteiger partial charge in [-0.15, -0.1) is 0 Å². The normalized spacial score (nSPS) is 10.7. The number of hydrogen-bond acceptors (Lipinski definition) is 1. The number of hydrogen-bond donors (Lipinski definition) is 0. The second kappa shape index (κ2) is 7.34. The van der Waals surface area contributed by atoms with E-state index in [4.69, 9.17) is 23.2 Å². The van der Waals surface area contributed by atoms with Crippen LogP contribution in [0.4, 0.5) is 0 Å². The van der Waals surface area contributed by atoms with Crippen LogP contribution in [-0.4, -0.2) is 10.6 Å². The Kier molecular flexibility index (Phi) is 5.16. The van der Waals surface area contributed by atoms with Crippen LogP contribution >= 0.6 is 23.2 Å². The Bertz CT molecular complexity index is 864. The van der Waals surface area contributed by atoms with Crippen molar-refractivity contribution >= 4 is 29.1 Å². The fraction of sp³-hybridized carbons (Fsp3) is 0.150. The number of nitrogens with zero attached hydrogens (tertiary/aromatic N) is 2. The molecular formula is C20H18Cl2N2O. The number of carbonyl (C=O) groups excluding carboxylic acids is 1. The van der Waals surface area contributed by atoms with E-state index in [1.54, 1.807) is 29.3 Å². The third kappa shape index (κ3) is 3.89. The van der Waals surface area contributed by atoms with Crippen LogP contribution in [-0.2, 0) is 6.54 Å². The largest absolute Gasteiger partial charge is 0.273 e. The Balaban J connectivity index is 2.00. The predicted octanol–water partition coefficient (Wildman–Crippen LogP) is 5.39. The molecule has 0 saturated heterocycles. The van der Waals surface area contributed by atoms with Crippen LogP contribution in [0.1, 0.15) is 27.3 Å². The van der Waals surface area contributed by atoms with Crippen LogP contribution < -0.4 is 5.01 Å². The molecule has 0 saturated carbocycles. The van der Waals surface area contributed by atoms with E-state index < -0.39 is 0 Å². The standard InChI is InChI=1S/C20H18Cl2N2O/c1-14-3-4-15(2)24(14)23(13-16-5-9-18(21)10-6-16)20(25)17-7-11-19(22)12-8-17/h3-12H,13H2,1-2H3. The Hall–Kier alpha value is -2.23. The summed E-state index contributed by atoms with van der Waals surface area (Å²) in [7, 11) is 0. The van der Waals surface area contributed by atoms with Crippen molar-refractivity contribution in [2.24, 2.45) is 0 Å². The highest BCUT2D eigenvalue weighted by Gasteiger charge is 2.20. The molecular weight excluding hydrogens is 355 g/mol. The number of benzene rings is 2. The quantitative estimate of drug-likeness (QED) is 0.602. The summed E-state index contributed by atoms with van der Waals surface area (Å²) in [6, 6.07) is 18.5. The zero-order valence-corrected chi connectivity index (χ0v) is 15.6. The van der Waals surface area contributed by atoms with E-state index in [-0.39, 0.29) is 5.91 Å². The van der Waals surface area contributed by atoms with Gasteiger partial charge in [-0.05, 0) is 67.9 Å². The van der Waals surface area contributed by atoms with Crippen LogP contribution in [0.25, 0.3) is 0 Å². The number of rotatable bonds is 4. The summed E-state index contributed by atoms with van der Waals surface area (Å²) in [6.07, 6.45) is 0. The molecule has 0 bridgehead atoms.